The number of nitrogens with zero attached hydrogens (tertiary/aromatic N) is 4. The number of methoxy groups -OCH3 is 1. The maximum atomic E-state index is 14.0. The van der Waals surface area contributed by atoms with Crippen LogP contribution in [0.15, 0.2) is 6.33 Å². The number of nitrogens with one attached hydrogen (secondary N) is 1. The van der Waals surface area contributed by atoms with Crippen LogP contribution < -0.4 is 5.32 Å². The smallest absolute Gasteiger partial charge is 0.450 e. The van der Waals surface area contributed by atoms with E-state index in [-0.39, 0.29) is 36.7 Å². The van der Waals surface area contributed by atoms with E-state index >= 15 is 0 Å². The number of aliphatic hydroxyl groups excluding tert-OH is 1. The van der Waals surface area contributed by atoms with Crippen molar-refractivity contribution in [1.29, 1.82) is 0 Å². The first-order valence-corrected chi connectivity index (χ1v) is 9.13. The third-order valence-electron chi connectivity index (χ3n) is 4.16. The van der Waals surface area contributed by atoms with Crippen LogP contribution in [0.3, 0.4) is 0 Å². The number of hydrogen-bond acceptors (Lipinski definition) is 10. The van der Waals surface area contributed by atoms with Crippen LogP contribution in [0.25, 0.3) is 11.2 Å². The molecule has 0 aromatic carbocycles. The Balaban J connectivity index is 2.45. The molecule has 0 radical (unpaired) electrons. The van der Waals surface area contributed by atoms with Gasteiger partial charge < -0.3 is 28.6 Å². The standard InChI is InChI=1S/C18H22FN5O7/c1-5-18(9-25,28-4)11(31-17(27)30-7-3)8-24-10-20-12-13(22-16(26)29-6-2)21-15(19)23-14(12)24/h1,10-11,25H,6-9H2,2-4H3,(H,21,22,23,26)/t11-,18?/m0/s1. The van der Waals surface area contributed by atoms with E-state index in [1.54, 1.807) is 13.8 Å². The van der Waals surface area contributed by atoms with Crippen LogP contribution in [0.5, 0.6) is 0 Å². The first-order valence-electron chi connectivity index (χ1n) is 9.13. The summed E-state index contributed by atoms with van der Waals surface area (Å²) in [7, 11) is 1.23. The molecular weight excluding hydrogens is 417 g/mol. The van der Waals surface area contributed by atoms with Crippen molar-refractivity contribution in [3.63, 3.8) is 0 Å². The monoisotopic (exact) mass is 439 g/mol. The Morgan fingerprint density at radius 1 is 1.35 bits per heavy atom. The van der Waals surface area contributed by atoms with Crippen molar-refractivity contribution < 1.29 is 38.0 Å². The SMILES string of the molecule is C#CC(CO)(OC)[C@H](Cn1cnc2c(NC(=O)OCC)nc(F)nc21)OC(=O)OCC. The molecule has 0 bridgehead atoms. The lowest BCUT2D eigenvalue weighted by molar-refractivity contribution is -0.110. The molecule has 1 amide bonds. The lowest BCUT2D eigenvalue weighted by atomic mass is 9.98. The van der Waals surface area contributed by atoms with Crippen LogP contribution >= 0.6 is 0 Å². The maximum Gasteiger partial charge on any atom is 0.508 e. The fourth-order valence-corrected chi connectivity index (χ4v) is 2.62. The van der Waals surface area contributed by atoms with Gasteiger partial charge in [0.25, 0.3) is 0 Å². The molecule has 0 fully saturated rings. The number of halogens is 1. The number of amides is 1. The number of rotatable bonds is 9. The second-order valence-electron chi connectivity index (χ2n) is 5.94. The lowest BCUT2D eigenvalue weighted by Crippen LogP contribution is -2.50. The maximum absolute atomic E-state index is 14.0. The average Bonchev–Trinajstić information content (AvgIpc) is 3.12. The fraction of sp³-hybridized carbons (Fsp3) is 0.500. The molecule has 0 spiro atoms. The molecule has 2 aromatic heterocycles. The van der Waals surface area contributed by atoms with Gasteiger partial charge in [-0.1, -0.05) is 5.92 Å². The van der Waals surface area contributed by atoms with Crippen LogP contribution in [0.2, 0.25) is 0 Å². The number of ether oxygens (including phenoxy) is 4. The second kappa shape index (κ2) is 10.5. The van der Waals surface area contributed by atoms with Crippen LogP contribution in [-0.4, -0.2) is 75.5 Å². The van der Waals surface area contributed by atoms with Gasteiger partial charge in [0.05, 0.1) is 32.7 Å². The molecule has 2 atom stereocenters. The van der Waals surface area contributed by atoms with Gasteiger partial charge in [-0.05, 0) is 13.8 Å². The Morgan fingerprint density at radius 2 is 2.06 bits per heavy atom. The summed E-state index contributed by atoms with van der Waals surface area (Å²) >= 11 is 0. The van der Waals surface area contributed by atoms with Gasteiger partial charge in [-0.25, -0.2) is 14.6 Å². The number of carbonyl (C=O) groups excluding carboxylic acids is 2. The van der Waals surface area contributed by atoms with E-state index in [0.29, 0.717) is 0 Å². The average molecular weight is 439 g/mol. The van der Waals surface area contributed by atoms with Crippen LogP contribution in [0.1, 0.15) is 13.8 Å². The summed E-state index contributed by atoms with van der Waals surface area (Å²) in [6.07, 6.45) is 2.42. The molecule has 2 heterocycles. The molecule has 2 aromatic rings. The number of anilines is 1. The summed E-state index contributed by atoms with van der Waals surface area (Å²) < 4.78 is 35.3. The molecule has 13 heteroatoms. The Bertz CT molecular complexity index is 970. The number of carbonyl (C=O) groups is 2. The largest absolute Gasteiger partial charge is 0.508 e. The molecular formula is C18H22FN5O7. The van der Waals surface area contributed by atoms with Gasteiger partial charge in [0.15, 0.2) is 28.7 Å². The van der Waals surface area contributed by atoms with E-state index < -0.39 is 36.6 Å². The van der Waals surface area contributed by atoms with Gasteiger partial charge in [0.1, 0.15) is 0 Å². The highest BCUT2D eigenvalue weighted by Gasteiger charge is 2.41. The topological polar surface area (TPSA) is 147 Å². The van der Waals surface area contributed by atoms with Crippen molar-refractivity contribution in [3.8, 4) is 12.3 Å². The van der Waals surface area contributed by atoms with Gasteiger partial charge in [-0.3, -0.25) is 5.32 Å². The summed E-state index contributed by atoms with van der Waals surface area (Å²) in [6, 6.07) is 0. The number of aliphatic hydroxyl groups is 1. The van der Waals surface area contributed by atoms with Gasteiger partial charge >= 0.3 is 18.3 Å². The molecule has 1 unspecified atom stereocenters. The Labute approximate surface area is 176 Å². The van der Waals surface area contributed by atoms with Gasteiger partial charge in [0.2, 0.25) is 0 Å². The third kappa shape index (κ3) is 5.36. The number of hydrogen-bond donors (Lipinski definition) is 2. The minimum absolute atomic E-state index is 0.0377. The Morgan fingerprint density at radius 3 is 2.65 bits per heavy atom. The molecule has 0 saturated carbocycles. The number of aromatic nitrogens is 4. The zero-order valence-electron chi connectivity index (χ0n) is 17.1. The molecule has 2 N–H and O–H groups in total. The van der Waals surface area contributed by atoms with Crippen molar-refractivity contribution in [2.24, 2.45) is 0 Å². The van der Waals surface area contributed by atoms with Crippen molar-refractivity contribution >= 4 is 29.2 Å². The number of terminal acetylenes is 1. The zero-order chi connectivity index (χ0) is 23.0. The van der Waals surface area contributed by atoms with E-state index in [0.717, 1.165) is 0 Å². The quantitative estimate of drug-likeness (QED) is 0.330. The predicted octanol–water partition coefficient (Wildman–Crippen LogP) is 1.09. The molecule has 0 saturated heterocycles. The molecule has 2 rings (SSSR count). The molecule has 168 valence electrons. The van der Waals surface area contributed by atoms with Crippen LogP contribution in [0.4, 0.5) is 19.8 Å². The summed E-state index contributed by atoms with van der Waals surface area (Å²) in [6.45, 7) is 2.36. The van der Waals surface area contributed by atoms with E-state index in [1.165, 1.54) is 18.0 Å². The zero-order valence-corrected chi connectivity index (χ0v) is 17.1. The highest BCUT2D eigenvalue weighted by Crippen LogP contribution is 2.24. The third-order valence-corrected chi connectivity index (χ3v) is 4.16. The fourth-order valence-electron chi connectivity index (χ4n) is 2.62. The van der Waals surface area contributed by atoms with Crippen molar-refractivity contribution in [2.45, 2.75) is 32.1 Å². The molecule has 12 nitrogen and oxygen atoms in total. The van der Waals surface area contributed by atoms with E-state index in [4.69, 9.17) is 25.4 Å². The van der Waals surface area contributed by atoms with Crippen molar-refractivity contribution in [3.05, 3.63) is 12.4 Å². The highest BCUT2D eigenvalue weighted by atomic mass is 19.1. The van der Waals surface area contributed by atoms with Gasteiger partial charge in [-0.2, -0.15) is 14.4 Å². The molecule has 0 aliphatic carbocycles. The normalized spacial score (nSPS) is 13.7. The number of fused-ring (bicyclic) bond motifs is 1. The minimum atomic E-state index is -1.74. The van der Waals surface area contributed by atoms with Gasteiger partial charge in [0, 0.05) is 7.11 Å². The van der Waals surface area contributed by atoms with E-state index in [1.807, 2.05) is 0 Å². The van der Waals surface area contributed by atoms with E-state index in [2.05, 4.69) is 26.2 Å². The van der Waals surface area contributed by atoms with Gasteiger partial charge in [-0.15, -0.1) is 6.42 Å². The predicted molar refractivity (Wildman–Crippen MR) is 103 cm³/mol. The summed E-state index contributed by atoms with van der Waals surface area (Å²) in [5.74, 6) is 2.04. The Kier molecular flexibility index (Phi) is 8.06. The van der Waals surface area contributed by atoms with Crippen molar-refractivity contribution in [1.82, 2.24) is 19.5 Å². The molecule has 0 aliphatic rings. The number of imidazole rings is 1. The summed E-state index contributed by atoms with van der Waals surface area (Å²) in [5.41, 5.74) is -1.74. The summed E-state index contributed by atoms with van der Waals surface area (Å²) in [4.78, 5) is 34.9. The summed E-state index contributed by atoms with van der Waals surface area (Å²) in [5, 5.41) is 12.1. The van der Waals surface area contributed by atoms with Crippen molar-refractivity contribution in [2.75, 3.05) is 32.2 Å². The van der Waals surface area contributed by atoms with Crippen LogP contribution in [0, 0.1) is 18.4 Å². The molecule has 31 heavy (non-hydrogen) atoms. The lowest BCUT2D eigenvalue weighted by Gasteiger charge is -2.32. The second-order valence-corrected chi connectivity index (χ2v) is 5.94. The Hall–Kier alpha value is -3.50. The first kappa shape index (κ1) is 23.8. The molecule has 0 aliphatic heterocycles. The first-order chi connectivity index (χ1) is 14.8. The van der Waals surface area contributed by atoms with E-state index in [9.17, 15) is 19.1 Å². The minimum Gasteiger partial charge on any atom is -0.450 e. The van der Waals surface area contributed by atoms with Crippen LogP contribution in [-0.2, 0) is 25.5 Å². The highest BCUT2D eigenvalue weighted by molar-refractivity contribution is 5.93.